The number of anilines is 1. The molecule has 1 atom stereocenters. The number of aryl methyl sites for hydroxylation is 1. The van der Waals surface area contributed by atoms with Gasteiger partial charge in [0.05, 0.1) is 12.6 Å². The van der Waals surface area contributed by atoms with Gasteiger partial charge in [-0.25, -0.2) is 9.97 Å². The number of nitrogens with one attached hydrogen (secondary N) is 1. The first-order valence-electron chi connectivity index (χ1n) is 4.98. The van der Waals surface area contributed by atoms with Crippen LogP contribution in [-0.2, 0) is 4.74 Å². The highest BCUT2D eigenvalue weighted by Gasteiger charge is 2.13. The van der Waals surface area contributed by atoms with Crippen molar-refractivity contribution in [3.8, 4) is 0 Å². The van der Waals surface area contributed by atoms with E-state index >= 15 is 0 Å². The number of hydrogen-bond acceptors (Lipinski definition) is 4. The number of aromatic nitrogens is 2. The van der Waals surface area contributed by atoms with Crippen LogP contribution in [0.3, 0.4) is 0 Å². The third kappa shape index (κ3) is 2.42. The fourth-order valence-corrected chi connectivity index (χ4v) is 1.60. The zero-order chi connectivity index (χ0) is 9.80. The fourth-order valence-electron chi connectivity index (χ4n) is 1.60. The highest BCUT2D eigenvalue weighted by atomic mass is 16.5. The molecule has 14 heavy (non-hydrogen) atoms. The molecule has 1 unspecified atom stereocenters. The maximum atomic E-state index is 5.38. The second-order valence-electron chi connectivity index (χ2n) is 3.55. The summed E-state index contributed by atoms with van der Waals surface area (Å²) in [7, 11) is 0. The number of ether oxygens (including phenoxy) is 1. The minimum Gasteiger partial charge on any atom is -0.379 e. The van der Waals surface area contributed by atoms with Gasteiger partial charge in [-0.2, -0.15) is 0 Å². The summed E-state index contributed by atoms with van der Waals surface area (Å²) in [6.45, 7) is 3.56. The van der Waals surface area contributed by atoms with E-state index in [4.69, 9.17) is 4.74 Å². The van der Waals surface area contributed by atoms with E-state index in [9.17, 15) is 0 Å². The van der Waals surface area contributed by atoms with E-state index in [2.05, 4.69) is 15.3 Å². The highest BCUT2D eigenvalue weighted by molar-refractivity contribution is 5.34. The van der Waals surface area contributed by atoms with Crippen molar-refractivity contribution >= 4 is 5.82 Å². The van der Waals surface area contributed by atoms with E-state index in [1.54, 1.807) is 6.20 Å². The van der Waals surface area contributed by atoms with Crippen LogP contribution in [0.25, 0.3) is 0 Å². The van der Waals surface area contributed by atoms with Gasteiger partial charge in [-0.15, -0.1) is 0 Å². The molecule has 2 heterocycles. The summed E-state index contributed by atoms with van der Waals surface area (Å²) in [5.41, 5.74) is 0. The summed E-state index contributed by atoms with van der Waals surface area (Å²) < 4.78 is 5.38. The highest BCUT2D eigenvalue weighted by Crippen LogP contribution is 2.11. The van der Waals surface area contributed by atoms with Crippen molar-refractivity contribution in [1.29, 1.82) is 0 Å². The predicted octanol–water partition coefficient (Wildman–Crippen LogP) is 1.38. The van der Waals surface area contributed by atoms with Crippen LogP contribution in [0.5, 0.6) is 0 Å². The largest absolute Gasteiger partial charge is 0.379 e. The Morgan fingerprint density at radius 1 is 1.57 bits per heavy atom. The molecule has 0 aromatic carbocycles. The molecule has 1 saturated heterocycles. The lowest BCUT2D eigenvalue weighted by molar-refractivity contribution is 0.0875. The van der Waals surface area contributed by atoms with Crippen molar-refractivity contribution in [2.75, 3.05) is 18.5 Å². The molecule has 1 fully saturated rings. The van der Waals surface area contributed by atoms with Crippen LogP contribution in [0.1, 0.15) is 18.7 Å². The predicted molar refractivity (Wildman–Crippen MR) is 54.2 cm³/mol. The molecule has 4 heteroatoms. The molecule has 1 aromatic heterocycles. The number of rotatable bonds is 2. The first-order chi connectivity index (χ1) is 6.84. The Morgan fingerprint density at radius 3 is 3.21 bits per heavy atom. The van der Waals surface area contributed by atoms with E-state index in [1.807, 2.05) is 13.0 Å². The quantitative estimate of drug-likeness (QED) is 0.770. The molecule has 4 nitrogen and oxygen atoms in total. The van der Waals surface area contributed by atoms with Crippen LogP contribution in [0.4, 0.5) is 5.82 Å². The first-order valence-corrected chi connectivity index (χ1v) is 4.98. The summed E-state index contributed by atoms with van der Waals surface area (Å²) in [5.74, 6) is 1.69. The van der Waals surface area contributed by atoms with Crippen molar-refractivity contribution < 1.29 is 4.74 Å². The average molecular weight is 193 g/mol. The number of nitrogens with zero attached hydrogens (tertiary/aromatic N) is 2. The SMILES string of the molecule is Cc1nccc(NC2CCCOC2)n1. The van der Waals surface area contributed by atoms with Crippen LogP contribution < -0.4 is 5.32 Å². The van der Waals surface area contributed by atoms with Gasteiger partial charge < -0.3 is 10.1 Å². The normalized spacial score (nSPS) is 21.9. The topological polar surface area (TPSA) is 47.0 Å². The van der Waals surface area contributed by atoms with E-state index in [1.165, 1.54) is 0 Å². The van der Waals surface area contributed by atoms with Crippen LogP contribution in [0, 0.1) is 6.92 Å². The van der Waals surface area contributed by atoms with Crippen LogP contribution in [0.2, 0.25) is 0 Å². The summed E-state index contributed by atoms with van der Waals surface area (Å²) >= 11 is 0. The summed E-state index contributed by atoms with van der Waals surface area (Å²) in [6.07, 6.45) is 4.05. The van der Waals surface area contributed by atoms with Crippen LogP contribution in [-0.4, -0.2) is 29.2 Å². The Morgan fingerprint density at radius 2 is 2.50 bits per heavy atom. The third-order valence-electron chi connectivity index (χ3n) is 2.29. The van der Waals surface area contributed by atoms with Gasteiger partial charge in [-0.05, 0) is 25.8 Å². The second kappa shape index (κ2) is 4.37. The van der Waals surface area contributed by atoms with E-state index in [-0.39, 0.29) is 0 Å². The van der Waals surface area contributed by atoms with Crippen LogP contribution in [0.15, 0.2) is 12.3 Å². The Bertz CT molecular complexity index is 297. The number of hydrogen-bond donors (Lipinski definition) is 1. The summed E-state index contributed by atoms with van der Waals surface area (Å²) in [6, 6.07) is 2.29. The molecule has 0 amide bonds. The van der Waals surface area contributed by atoms with Crippen molar-refractivity contribution in [3.05, 3.63) is 18.1 Å². The lowest BCUT2D eigenvalue weighted by atomic mass is 10.1. The van der Waals surface area contributed by atoms with Gasteiger partial charge in [0.15, 0.2) is 0 Å². The Labute approximate surface area is 83.7 Å². The summed E-state index contributed by atoms with van der Waals surface area (Å²) in [5, 5.41) is 3.35. The molecular weight excluding hydrogens is 178 g/mol. The van der Waals surface area contributed by atoms with Crippen molar-refractivity contribution in [2.24, 2.45) is 0 Å². The summed E-state index contributed by atoms with van der Waals surface area (Å²) in [4.78, 5) is 8.34. The monoisotopic (exact) mass is 193 g/mol. The second-order valence-corrected chi connectivity index (χ2v) is 3.55. The zero-order valence-electron chi connectivity index (χ0n) is 8.36. The Balaban J connectivity index is 1.95. The van der Waals surface area contributed by atoms with Gasteiger partial charge in [-0.1, -0.05) is 0 Å². The lowest BCUT2D eigenvalue weighted by Gasteiger charge is -2.23. The van der Waals surface area contributed by atoms with Crippen molar-refractivity contribution in [2.45, 2.75) is 25.8 Å². The Hall–Kier alpha value is -1.16. The molecule has 1 aliphatic rings. The van der Waals surface area contributed by atoms with Crippen molar-refractivity contribution in [1.82, 2.24) is 9.97 Å². The average Bonchev–Trinajstić information content (AvgIpc) is 2.19. The maximum Gasteiger partial charge on any atom is 0.129 e. The zero-order valence-corrected chi connectivity index (χ0v) is 8.36. The lowest BCUT2D eigenvalue weighted by Crippen LogP contribution is -2.30. The molecule has 1 aliphatic heterocycles. The molecule has 2 rings (SSSR count). The van der Waals surface area contributed by atoms with Crippen molar-refractivity contribution in [3.63, 3.8) is 0 Å². The Kier molecular flexibility index (Phi) is 2.93. The van der Waals surface area contributed by atoms with Gasteiger partial charge in [0.25, 0.3) is 0 Å². The van der Waals surface area contributed by atoms with E-state index in [0.29, 0.717) is 6.04 Å². The van der Waals surface area contributed by atoms with Gasteiger partial charge in [0, 0.05) is 12.8 Å². The fraction of sp³-hybridized carbons (Fsp3) is 0.600. The van der Waals surface area contributed by atoms with E-state index < -0.39 is 0 Å². The third-order valence-corrected chi connectivity index (χ3v) is 2.29. The molecule has 0 aliphatic carbocycles. The maximum absolute atomic E-state index is 5.38. The van der Waals surface area contributed by atoms with Gasteiger partial charge >= 0.3 is 0 Å². The molecule has 0 bridgehead atoms. The molecule has 1 N–H and O–H groups in total. The molecule has 0 saturated carbocycles. The first kappa shape index (κ1) is 9.40. The molecule has 0 radical (unpaired) electrons. The standard InChI is InChI=1S/C10H15N3O/c1-8-11-5-4-10(12-8)13-9-3-2-6-14-7-9/h4-5,9H,2-3,6-7H2,1H3,(H,11,12,13). The minimum absolute atomic E-state index is 0.401. The van der Waals surface area contributed by atoms with Gasteiger partial charge in [-0.3, -0.25) is 0 Å². The molecule has 1 aromatic rings. The minimum atomic E-state index is 0.401. The smallest absolute Gasteiger partial charge is 0.129 e. The van der Waals surface area contributed by atoms with Gasteiger partial charge in [0.1, 0.15) is 11.6 Å². The van der Waals surface area contributed by atoms with Gasteiger partial charge in [0.2, 0.25) is 0 Å². The molecule has 76 valence electrons. The van der Waals surface area contributed by atoms with E-state index in [0.717, 1.165) is 37.7 Å². The molecular formula is C10H15N3O. The molecule has 0 spiro atoms. The van der Waals surface area contributed by atoms with Crippen LogP contribution >= 0.6 is 0 Å².